The average Bonchev–Trinajstić information content (AvgIpc) is 3.31. The van der Waals surface area contributed by atoms with Crippen molar-refractivity contribution in [1.29, 1.82) is 0 Å². The maximum Gasteiger partial charge on any atom is 0.253 e. The molecule has 3 aromatic carbocycles. The number of aromatic nitrogens is 2. The molecule has 1 N–H and O–H groups in total. The Morgan fingerprint density at radius 3 is 2.55 bits per heavy atom. The molecule has 1 unspecified atom stereocenters. The highest BCUT2D eigenvalue weighted by Crippen LogP contribution is 2.37. The number of amides is 2. The van der Waals surface area contributed by atoms with E-state index in [4.69, 9.17) is 9.72 Å². The summed E-state index contributed by atoms with van der Waals surface area (Å²) >= 11 is 0. The lowest BCUT2D eigenvalue weighted by Gasteiger charge is -2.16. The van der Waals surface area contributed by atoms with Gasteiger partial charge in [-0.15, -0.1) is 0 Å². The quantitative estimate of drug-likeness (QED) is 0.480. The van der Waals surface area contributed by atoms with E-state index in [1.54, 1.807) is 24.1 Å². The van der Waals surface area contributed by atoms with Crippen LogP contribution in [0.25, 0.3) is 11.0 Å². The van der Waals surface area contributed by atoms with Crippen LogP contribution >= 0.6 is 0 Å². The highest BCUT2D eigenvalue weighted by Gasteiger charge is 2.40. The summed E-state index contributed by atoms with van der Waals surface area (Å²) < 4.78 is 7.21. The second kappa shape index (κ2) is 8.43. The number of anilines is 2. The molecule has 0 saturated carbocycles. The number of imidazole rings is 1. The summed E-state index contributed by atoms with van der Waals surface area (Å²) in [7, 11) is 1.55. The molecule has 7 nitrogen and oxygen atoms in total. The second-order valence-corrected chi connectivity index (χ2v) is 8.15. The van der Waals surface area contributed by atoms with E-state index in [9.17, 15) is 9.59 Å². The number of carbonyl (C=O) groups excluding carboxylic acids is 2. The van der Waals surface area contributed by atoms with E-state index in [1.807, 2.05) is 72.2 Å². The monoisotopic (exact) mass is 440 g/mol. The number of nitrogens with one attached hydrogen (secondary N) is 1. The van der Waals surface area contributed by atoms with Crippen LogP contribution in [0.5, 0.6) is 5.75 Å². The molecule has 5 rings (SSSR count). The number of ether oxygens (including phenoxy) is 1. The molecule has 0 spiro atoms. The van der Waals surface area contributed by atoms with E-state index in [2.05, 4.69) is 5.32 Å². The molecule has 0 aliphatic carbocycles. The smallest absolute Gasteiger partial charge is 0.253 e. The van der Waals surface area contributed by atoms with E-state index < -0.39 is 6.04 Å². The SMILES string of the molecule is COc1ccccc1NC(=O)CC1C(=O)N(Cc2ccc(C)cc2)c2nc3ccccc3n21. The molecule has 7 heteroatoms. The summed E-state index contributed by atoms with van der Waals surface area (Å²) in [5, 5.41) is 2.88. The van der Waals surface area contributed by atoms with Gasteiger partial charge < -0.3 is 10.1 Å². The minimum absolute atomic E-state index is 0.00532. The zero-order chi connectivity index (χ0) is 22.9. The van der Waals surface area contributed by atoms with E-state index in [-0.39, 0.29) is 18.2 Å². The van der Waals surface area contributed by atoms with Crippen molar-refractivity contribution in [3.05, 3.63) is 83.9 Å². The summed E-state index contributed by atoms with van der Waals surface area (Å²) in [6.45, 7) is 2.42. The van der Waals surface area contributed by atoms with Crippen LogP contribution in [-0.2, 0) is 16.1 Å². The number of benzene rings is 3. The van der Waals surface area contributed by atoms with Crippen LogP contribution in [0.2, 0.25) is 0 Å². The van der Waals surface area contributed by atoms with Gasteiger partial charge in [0.1, 0.15) is 11.8 Å². The highest BCUT2D eigenvalue weighted by atomic mass is 16.5. The Bertz CT molecular complexity index is 1340. The zero-order valence-electron chi connectivity index (χ0n) is 18.5. The van der Waals surface area contributed by atoms with Crippen LogP contribution in [0.1, 0.15) is 23.6 Å². The Hall–Kier alpha value is -4.13. The number of para-hydroxylation sites is 4. The summed E-state index contributed by atoms with van der Waals surface area (Å²) in [6.07, 6.45) is -0.00532. The maximum atomic E-state index is 13.5. The van der Waals surface area contributed by atoms with Crippen molar-refractivity contribution in [1.82, 2.24) is 9.55 Å². The number of carbonyl (C=O) groups is 2. The third kappa shape index (κ3) is 3.82. The first-order chi connectivity index (χ1) is 16.0. The molecule has 33 heavy (non-hydrogen) atoms. The van der Waals surface area contributed by atoms with Crippen molar-refractivity contribution in [3.8, 4) is 5.75 Å². The van der Waals surface area contributed by atoms with Crippen LogP contribution in [0.15, 0.2) is 72.8 Å². The van der Waals surface area contributed by atoms with Gasteiger partial charge in [0.2, 0.25) is 11.9 Å². The van der Waals surface area contributed by atoms with Gasteiger partial charge in [-0.2, -0.15) is 0 Å². The van der Waals surface area contributed by atoms with Crippen LogP contribution in [0, 0.1) is 6.92 Å². The average molecular weight is 441 g/mol. The minimum Gasteiger partial charge on any atom is -0.495 e. The Kier molecular flexibility index (Phi) is 5.30. The highest BCUT2D eigenvalue weighted by molar-refractivity contribution is 6.05. The molecule has 0 fully saturated rings. The lowest BCUT2D eigenvalue weighted by Crippen LogP contribution is -2.31. The zero-order valence-corrected chi connectivity index (χ0v) is 18.5. The molecule has 166 valence electrons. The number of nitrogens with zero attached hydrogens (tertiary/aromatic N) is 3. The number of methoxy groups -OCH3 is 1. The van der Waals surface area contributed by atoms with Gasteiger partial charge in [0.05, 0.1) is 36.8 Å². The van der Waals surface area contributed by atoms with Gasteiger partial charge >= 0.3 is 0 Å². The summed E-state index contributed by atoms with van der Waals surface area (Å²) in [4.78, 5) is 32.9. The maximum absolute atomic E-state index is 13.5. The van der Waals surface area contributed by atoms with Crippen molar-refractivity contribution in [2.45, 2.75) is 25.9 Å². The first kappa shape index (κ1) is 20.8. The Labute approximate surface area is 191 Å². The molecule has 4 aromatic rings. The summed E-state index contributed by atoms with van der Waals surface area (Å²) in [6, 6.07) is 22.3. The summed E-state index contributed by atoms with van der Waals surface area (Å²) in [5.74, 6) is 0.730. The Morgan fingerprint density at radius 1 is 1.03 bits per heavy atom. The molecule has 0 bridgehead atoms. The Morgan fingerprint density at radius 2 is 1.76 bits per heavy atom. The lowest BCUT2D eigenvalue weighted by atomic mass is 10.1. The molecule has 2 amide bonds. The van der Waals surface area contributed by atoms with Crippen LogP contribution in [0.3, 0.4) is 0 Å². The van der Waals surface area contributed by atoms with Crippen LogP contribution in [0.4, 0.5) is 11.6 Å². The Balaban J connectivity index is 1.47. The van der Waals surface area contributed by atoms with Crippen LogP contribution < -0.4 is 15.0 Å². The van der Waals surface area contributed by atoms with E-state index in [1.165, 1.54) is 0 Å². The molecule has 1 aliphatic heterocycles. The van der Waals surface area contributed by atoms with Crippen molar-refractivity contribution in [2.24, 2.45) is 0 Å². The minimum atomic E-state index is -0.674. The topological polar surface area (TPSA) is 76.5 Å². The predicted octanol–water partition coefficient (Wildman–Crippen LogP) is 4.47. The molecule has 2 heterocycles. The van der Waals surface area contributed by atoms with Gasteiger partial charge in [-0.05, 0) is 36.8 Å². The molecule has 0 saturated heterocycles. The number of fused-ring (bicyclic) bond motifs is 3. The fraction of sp³-hybridized carbons (Fsp3) is 0.192. The number of rotatable bonds is 6. The molecule has 1 aliphatic rings. The summed E-state index contributed by atoms with van der Waals surface area (Å²) in [5.41, 5.74) is 4.37. The van der Waals surface area contributed by atoms with Crippen molar-refractivity contribution in [2.75, 3.05) is 17.3 Å². The van der Waals surface area contributed by atoms with Gasteiger partial charge in [-0.1, -0.05) is 54.1 Å². The lowest BCUT2D eigenvalue weighted by molar-refractivity contribution is -0.124. The number of hydrogen-bond acceptors (Lipinski definition) is 4. The van der Waals surface area contributed by atoms with Crippen molar-refractivity contribution >= 4 is 34.5 Å². The first-order valence-electron chi connectivity index (χ1n) is 10.8. The standard InChI is InChI=1S/C26H24N4O3/c1-17-11-13-18(14-12-17)16-29-25(32)22(30-21-9-5-3-7-19(21)28-26(29)30)15-24(31)27-20-8-4-6-10-23(20)33-2/h3-14,22H,15-16H2,1-2H3,(H,27,31). The molecule has 1 atom stereocenters. The van der Waals surface area contributed by atoms with Gasteiger partial charge in [-0.3, -0.25) is 19.1 Å². The molecule has 1 aromatic heterocycles. The molecular weight excluding hydrogens is 416 g/mol. The van der Waals surface area contributed by atoms with Crippen molar-refractivity contribution in [3.63, 3.8) is 0 Å². The predicted molar refractivity (Wildman–Crippen MR) is 127 cm³/mol. The normalized spacial score (nSPS) is 15.0. The number of hydrogen-bond donors (Lipinski definition) is 1. The molecule has 0 radical (unpaired) electrons. The second-order valence-electron chi connectivity index (χ2n) is 8.15. The third-order valence-electron chi connectivity index (χ3n) is 5.90. The number of aryl methyl sites for hydroxylation is 1. The van der Waals surface area contributed by atoms with Gasteiger partial charge in [0.15, 0.2) is 0 Å². The fourth-order valence-corrected chi connectivity index (χ4v) is 4.25. The van der Waals surface area contributed by atoms with E-state index >= 15 is 0 Å². The first-order valence-corrected chi connectivity index (χ1v) is 10.8. The van der Waals surface area contributed by atoms with Gasteiger partial charge in [0.25, 0.3) is 5.91 Å². The van der Waals surface area contributed by atoms with Crippen molar-refractivity contribution < 1.29 is 14.3 Å². The molecular formula is C26H24N4O3. The van der Waals surface area contributed by atoms with Gasteiger partial charge in [0, 0.05) is 0 Å². The van der Waals surface area contributed by atoms with Gasteiger partial charge in [-0.25, -0.2) is 4.98 Å². The fourth-order valence-electron chi connectivity index (χ4n) is 4.25. The van der Waals surface area contributed by atoms with E-state index in [0.29, 0.717) is 23.9 Å². The van der Waals surface area contributed by atoms with E-state index in [0.717, 1.165) is 22.2 Å². The third-order valence-corrected chi connectivity index (χ3v) is 5.90. The van der Waals surface area contributed by atoms with Crippen LogP contribution in [-0.4, -0.2) is 28.5 Å². The largest absolute Gasteiger partial charge is 0.495 e.